The quantitative estimate of drug-likeness (QED) is 0.798. The number of para-hydroxylation sites is 1. The first-order valence-electron chi connectivity index (χ1n) is 9.06. The second-order valence-electron chi connectivity index (χ2n) is 6.92. The Labute approximate surface area is 152 Å². The number of amides is 1. The molecule has 2 aliphatic heterocycles. The van der Waals surface area contributed by atoms with Crippen molar-refractivity contribution in [1.29, 1.82) is 0 Å². The van der Waals surface area contributed by atoms with E-state index in [0.29, 0.717) is 31.6 Å². The summed E-state index contributed by atoms with van der Waals surface area (Å²) in [6, 6.07) is 5.88. The van der Waals surface area contributed by atoms with Crippen LogP contribution in [-0.2, 0) is 14.6 Å². The molecular weight excluding hydrogens is 362 g/mol. The van der Waals surface area contributed by atoms with Gasteiger partial charge in [0.15, 0.2) is 0 Å². The topological polar surface area (TPSA) is 57.7 Å². The molecule has 0 aromatic heterocycles. The molecule has 3 rings (SSSR count). The van der Waals surface area contributed by atoms with Gasteiger partial charge in [-0.25, -0.2) is 8.42 Å². The van der Waals surface area contributed by atoms with E-state index in [-0.39, 0.29) is 16.7 Å². The number of halogens is 2. The summed E-state index contributed by atoms with van der Waals surface area (Å²) in [7, 11) is -4.65. The van der Waals surface area contributed by atoms with Gasteiger partial charge in [-0.2, -0.15) is 8.78 Å². The molecule has 144 valence electrons. The van der Waals surface area contributed by atoms with Gasteiger partial charge < -0.3 is 9.80 Å². The zero-order valence-electron chi connectivity index (χ0n) is 14.6. The van der Waals surface area contributed by atoms with Gasteiger partial charge in [-0.15, -0.1) is 0 Å². The minimum absolute atomic E-state index is 0.0665. The molecule has 5 nitrogen and oxygen atoms in total. The summed E-state index contributed by atoms with van der Waals surface area (Å²) in [6.45, 7) is 2.60. The van der Waals surface area contributed by atoms with E-state index in [2.05, 4.69) is 0 Å². The Morgan fingerprint density at radius 1 is 1.00 bits per heavy atom. The Bertz CT molecular complexity index is 741. The van der Waals surface area contributed by atoms with Crippen LogP contribution in [0.5, 0.6) is 0 Å². The number of alkyl halides is 2. The van der Waals surface area contributed by atoms with Crippen molar-refractivity contribution in [3.63, 3.8) is 0 Å². The number of piperidine rings is 2. The fourth-order valence-electron chi connectivity index (χ4n) is 3.79. The molecule has 26 heavy (non-hydrogen) atoms. The van der Waals surface area contributed by atoms with E-state index >= 15 is 0 Å². The largest absolute Gasteiger partial charge is 0.370 e. The number of sulfone groups is 1. The van der Waals surface area contributed by atoms with Crippen LogP contribution in [0.3, 0.4) is 0 Å². The molecule has 2 heterocycles. The molecule has 1 amide bonds. The second-order valence-corrected chi connectivity index (χ2v) is 8.81. The average molecular weight is 386 g/mol. The average Bonchev–Trinajstić information content (AvgIpc) is 2.68. The lowest BCUT2D eigenvalue weighted by molar-refractivity contribution is -0.137. The molecule has 2 aliphatic rings. The van der Waals surface area contributed by atoms with Crippen LogP contribution in [0.15, 0.2) is 29.2 Å². The van der Waals surface area contributed by atoms with Crippen molar-refractivity contribution < 1.29 is 22.0 Å². The van der Waals surface area contributed by atoms with E-state index < -0.39 is 15.6 Å². The van der Waals surface area contributed by atoms with E-state index in [1.165, 1.54) is 12.1 Å². The van der Waals surface area contributed by atoms with Gasteiger partial charge in [0, 0.05) is 32.1 Å². The highest BCUT2D eigenvalue weighted by Gasteiger charge is 2.33. The van der Waals surface area contributed by atoms with Crippen molar-refractivity contribution >= 4 is 21.4 Å². The highest BCUT2D eigenvalue weighted by atomic mass is 32.2. The fraction of sp³-hybridized carbons (Fsp3) is 0.611. The van der Waals surface area contributed by atoms with E-state index in [4.69, 9.17) is 0 Å². The van der Waals surface area contributed by atoms with Gasteiger partial charge in [0.05, 0.1) is 10.6 Å². The van der Waals surface area contributed by atoms with E-state index in [0.717, 1.165) is 32.4 Å². The summed E-state index contributed by atoms with van der Waals surface area (Å²) < 4.78 is 49.8. The van der Waals surface area contributed by atoms with E-state index in [1.807, 2.05) is 4.90 Å². The number of rotatable bonds is 4. The first kappa shape index (κ1) is 19.1. The van der Waals surface area contributed by atoms with Gasteiger partial charge in [0.25, 0.3) is 0 Å². The van der Waals surface area contributed by atoms with Gasteiger partial charge in [0.2, 0.25) is 15.7 Å². The van der Waals surface area contributed by atoms with Crippen LogP contribution in [0, 0.1) is 5.92 Å². The highest BCUT2D eigenvalue weighted by molar-refractivity contribution is 7.91. The Hall–Kier alpha value is -1.70. The molecule has 0 unspecified atom stereocenters. The predicted octanol–water partition coefficient (Wildman–Crippen LogP) is 2.91. The van der Waals surface area contributed by atoms with Gasteiger partial charge in [-0.05, 0) is 44.2 Å². The number of carbonyl (C=O) groups excluding carboxylic acids is 1. The number of benzene rings is 1. The predicted molar refractivity (Wildman–Crippen MR) is 95.0 cm³/mol. The summed E-state index contributed by atoms with van der Waals surface area (Å²) in [5.41, 5.74) is 0.302. The van der Waals surface area contributed by atoms with Crippen molar-refractivity contribution in [3.8, 4) is 0 Å². The van der Waals surface area contributed by atoms with E-state index in [9.17, 15) is 22.0 Å². The third-order valence-corrected chi connectivity index (χ3v) is 6.69. The Balaban J connectivity index is 1.70. The molecule has 0 N–H and O–H groups in total. The summed E-state index contributed by atoms with van der Waals surface area (Å²) in [5, 5.41) is 0. The van der Waals surface area contributed by atoms with Crippen LogP contribution >= 0.6 is 0 Å². The maximum Gasteiger partial charge on any atom is 0.341 e. The van der Waals surface area contributed by atoms with Crippen LogP contribution in [0.4, 0.5) is 14.5 Å². The number of hydrogen-bond donors (Lipinski definition) is 0. The summed E-state index contributed by atoms with van der Waals surface area (Å²) >= 11 is 0. The zero-order valence-corrected chi connectivity index (χ0v) is 15.4. The van der Waals surface area contributed by atoms with Gasteiger partial charge in [-0.3, -0.25) is 4.79 Å². The summed E-state index contributed by atoms with van der Waals surface area (Å²) in [6.07, 6.45) is 4.47. The summed E-state index contributed by atoms with van der Waals surface area (Å²) in [5.74, 6) is -3.33. The van der Waals surface area contributed by atoms with Gasteiger partial charge in [0.1, 0.15) is 0 Å². The number of hydrogen-bond acceptors (Lipinski definition) is 4. The van der Waals surface area contributed by atoms with Crippen LogP contribution in [0.2, 0.25) is 0 Å². The lowest BCUT2D eigenvalue weighted by Gasteiger charge is -2.37. The third-order valence-electron chi connectivity index (χ3n) is 5.26. The monoisotopic (exact) mass is 386 g/mol. The first-order valence-corrected chi connectivity index (χ1v) is 10.6. The number of carbonyl (C=O) groups is 1. The lowest BCUT2D eigenvalue weighted by Crippen LogP contribution is -2.44. The van der Waals surface area contributed by atoms with Crippen molar-refractivity contribution in [1.82, 2.24) is 4.90 Å². The molecule has 0 atom stereocenters. The molecule has 0 radical (unpaired) electrons. The van der Waals surface area contributed by atoms with Crippen molar-refractivity contribution in [2.75, 3.05) is 31.1 Å². The number of likely N-dealkylation sites (tertiary alicyclic amines) is 1. The van der Waals surface area contributed by atoms with Crippen molar-refractivity contribution in [3.05, 3.63) is 24.3 Å². The molecule has 1 aromatic rings. The Kier molecular flexibility index (Phi) is 5.79. The van der Waals surface area contributed by atoms with Crippen molar-refractivity contribution in [2.45, 2.75) is 42.8 Å². The van der Waals surface area contributed by atoms with Crippen molar-refractivity contribution in [2.24, 2.45) is 5.92 Å². The maximum atomic E-state index is 13.0. The second kappa shape index (κ2) is 7.90. The van der Waals surface area contributed by atoms with Crippen LogP contribution in [-0.4, -0.2) is 51.2 Å². The van der Waals surface area contributed by atoms with Gasteiger partial charge >= 0.3 is 5.76 Å². The number of anilines is 1. The summed E-state index contributed by atoms with van der Waals surface area (Å²) in [4.78, 5) is 16.0. The highest BCUT2D eigenvalue weighted by Crippen LogP contribution is 2.32. The minimum Gasteiger partial charge on any atom is -0.370 e. The van der Waals surface area contributed by atoms with Crippen LogP contribution in [0.25, 0.3) is 0 Å². The molecule has 2 saturated heterocycles. The molecule has 0 bridgehead atoms. The zero-order chi connectivity index (χ0) is 18.7. The molecule has 1 aromatic carbocycles. The third kappa shape index (κ3) is 3.84. The number of nitrogens with zero attached hydrogens (tertiary/aromatic N) is 2. The lowest BCUT2D eigenvalue weighted by atomic mass is 9.94. The normalized spacial score (nSPS) is 19.8. The SMILES string of the molecule is O=C(C1CCN(c2ccccc2S(=O)(=O)C(F)F)CC1)N1CCCCC1. The Morgan fingerprint density at radius 2 is 1.62 bits per heavy atom. The molecule has 0 aliphatic carbocycles. The Morgan fingerprint density at radius 3 is 2.23 bits per heavy atom. The van der Waals surface area contributed by atoms with Gasteiger partial charge in [-0.1, -0.05) is 12.1 Å². The van der Waals surface area contributed by atoms with Crippen LogP contribution in [0.1, 0.15) is 32.1 Å². The first-order chi connectivity index (χ1) is 12.4. The smallest absolute Gasteiger partial charge is 0.341 e. The minimum atomic E-state index is -4.65. The molecule has 0 spiro atoms. The van der Waals surface area contributed by atoms with Crippen LogP contribution < -0.4 is 4.90 Å². The molecule has 8 heteroatoms. The molecular formula is C18H24F2N2O3S. The molecule has 2 fully saturated rings. The fourth-order valence-corrected chi connectivity index (χ4v) is 4.74. The standard InChI is InChI=1S/C18H24F2N2O3S/c19-18(20)26(24,25)16-7-3-2-6-15(16)21-12-8-14(9-13-21)17(23)22-10-4-1-5-11-22/h2-3,6-7,14,18H,1,4-5,8-13H2. The van der Waals surface area contributed by atoms with E-state index in [1.54, 1.807) is 17.0 Å². The maximum absolute atomic E-state index is 13.0. The molecule has 0 saturated carbocycles.